The normalized spacial score (nSPS) is 20.9. The number of nitrogens with one attached hydrogen (secondary N) is 1. The Labute approximate surface area is 215 Å². The van der Waals surface area contributed by atoms with Crippen molar-refractivity contribution < 1.29 is 19.1 Å². The van der Waals surface area contributed by atoms with E-state index in [2.05, 4.69) is 5.32 Å². The third-order valence-corrected chi connectivity index (χ3v) is 5.65. The molecule has 0 aromatic heterocycles. The number of carbonyl (C=O) groups is 2. The van der Waals surface area contributed by atoms with Crippen LogP contribution in [0.5, 0.6) is 0 Å². The second kappa shape index (κ2) is 12.7. The van der Waals surface area contributed by atoms with Crippen LogP contribution in [0.1, 0.15) is 67.2 Å². The van der Waals surface area contributed by atoms with Gasteiger partial charge in [0.15, 0.2) is 0 Å². The summed E-state index contributed by atoms with van der Waals surface area (Å²) in [6, 6.07) is 7.98. The lowest BCUT2D eigenvalue weighted by molar-refractivity contribution is 0.0193. The zero-order valence-corrected chi connectivity index (χ0v) is 22.9. The van der Waals surface area contributed by atoms with Crippen molar-refractivity contribution in [2.75, 3.05) is 31.5 Å². The van der Waals surface area contributed by atoms with E-state index in [1.165, 1.54) is 0 Å². The van der Waals surface area contributed by atoms with Crippen LogP contribution in [-0.2, 0) is 9.47 Å². The summed E-state index contributed by atoms with van der Waals surface area (Å²) in [4.78, 5) is 27.2. The highest BCUT2D eigenvalue weighted by Crippen LogP contribution is 2.20. The number of rotatable bonds is 2. The number of nitrogens with two attached hydrogens (primary N) is 1. The van der Waals surface area contributed by atoms with Crippen molar-refractivity contribution >= 4 is 29.5 Å². The lowest BCUT2D eigenvalue weighted by atomic mass is 10.1. The molecule has 2 atom stereocenters. The van der Waals surface area contributed by atoms with E-state index in [-0.39, 0.29) is 24.3 Å². The number of likely N-dealkylation sites (tertiary alicyclic amines) is 2. The monoisotopic (exact) mass is 510 g/mol. The predicted molar refractivity (Wildman–Crippen MR) is 141 cm³/mol. The fourth-order valence-corrected chi connectivity index (χ4v) is 4.00. The van der Waals surface area contributed by atoms with Gasteiger partial charge in [-0.25, -0.2) is 9.59 Å². The molecule has 2 saturated heterocycles. The van der Waals surface area contributed by atoms with E-state index in [9.17, 15) is 9.59 Å². The Kier molecular flexibility index (Phi) is 10.5. The first-order valence-electron chi connectivity index (χ1n) is 12.5. The second-order valence-electron chi connectivity index (χ2n) is 11.2. The van der Waals surface area contributed by atoms with Gasteiger partial charge in [-0.1, -0.05) is 11.6 Å². The molecule has 8 nitrogen and oxygen atoms in total. The lowest BCUT2D eigenvalue weighted by Gasteiger charge is -2.34. The van der Waals surface area contributed by atoms with Gasteiger partial charge in [-0.2, -0.15) is 0 Å². The zero-order valence-electron chi connectivity index (χ0n) is 22.1. The highest BCUT2D eigenvalue weighted by atomic mass is 35.5. The van der Waals surface area contributed by atoms with Gasteiger partial charge in [-0.15, -0.1) is 0 Å². The molecule has 35 heavy (non-hydrogen) atoms. The van der Waals surface area contributed by atoms with E-state index < -0.39 is 11.2 Å². The summed E-state index contributed by atoms with van der Waals surface area (Å²) in [5.41, 5.74) is 5.93. The Hall–Kier alpha value is -2.19. The Morgan fingerprint density at radius 2 is 1.37 bits per heavy atom. The minimum absolute atomic E-state index is 0.108. The topological polar surface area (TPSA) is 97.1 Å². The van der Waals surface area contributed by atoms with Crippen molar-refractivity contribution in [2.45, 2.75) is 90.5 Å². The first-order valence-corrected chi connectivity index (χ1v) is 12.8. The Morgan fingerprint density at radius 1 is 0.886 bits per heavy atom. The summed E-state index contributed by atoms with van der Waals surface area (Å²) >= 11 is 5.88. The van der Waals surface area contributed by atoms with Crippen molar-refractivity contribution in [1.29, 1.82) is 0 Å². The van der Waals surface area contributed by atoms with E-state index in [0.29, 0.717) is 13.1 Å². The number of halogens is 1. The van der Waals surface area contributed by atoms with E-state index in [1.807, 2.05) is 65.8 Å². The van der Waals surface area contributed by atoms with Crippen LogP contribution in [0, 0.1) is 0 Å². The number of hydrogen-bond donors (Lipinski definition) is 2. The standard InChI is InChI=1S/C16H23ClN2O2.C10H20N2O2/c1-16(2,3)21-15(20)19-10-4-5-14(11-19)18-13-8-6-12(17)7-9-13;1-10(2,3)14-9(13)12-6-4-5-8(11)7-12/h6-9,14,18H,4-5,10-11H2,1-3H3;8H,4-7,11H2,1-3H3/t14-;8-/m11/s1. The molecule has 1 aromatic carbocycles. The second-order valence-corrected chi connectivity index (χ2v) is 11.7. The van der Waals surface area contributed by atoms with Crippen LogP contribution >= 0.6 is 11.6 Å². The van der Waals surface area contributed by atoms with Crippen LogP contribution in [-0.4, -0.2) is 71.5 Å². The zero-order chi connectivity index (χ0) is 26.2. The fraction of sp³-hybridized carbons (Fsp3) is 0.692. The summed E-state index contributed by atoms with van der Waals surface area (Å²) in [7, 11) is 0. The molecule has 0 bridgehead atoms. The Balaban J connectivity index is 0.000000269. The van der Waals surface area contributed by atoms with Gasteiger partial charge in [0.2, 0.25) is 0 Å². The molecule has 9 heteroatoms. The van der Waals surface area contributed by atoms with E-state index >= 15 is 0 Å². The highest BCUT2D eigenvalue weighted by molar-refractivity contribution is 6.30. The molecule has 0 spiro atoms. The van der Waals surface area contributed by atoms with Gasteiger partial charge in [-0.05, 0) is 91.5 Å². The summed E-state index contributed by atoms with van der Waals surface area (Å²) in [6.45, 7) is 14.1. The third kappa shape index (κ3) is 11.4. The molecule has 0 saturated carbocycles. The van der Waals surface area contributed by atoms with Crippen molar-refractivity contribution in [3.05, 3.63) is 29.3 Å². The maximum absolute atomic E-state index is 12.1. The molecular weight excluding hydrogens is 468 g/mol. The summed E-state index contributed by atoms with van der Waals surface area (Å²) in [6.07, 6.45) is 3.52. The SMILES string of the molecule is CC(C)(C)OC(=O)N1CCC[C@@H](N)C1.CC(C)(C)OC(=O)N1CCC[C@@H](Nc2ccc(Cl)cc2)C1. The van der Waals surface area contributed by atoms with Crippen LogP contribution in [0.15, 0.2) is 24.3 Å². The third-order valence-electron chi connectivity index (χ3n) is 5.40. The number of nitrogens with zero attached hydrogens (tertiary/aromatic N) is 2. The molecule has 2 amide bonds. The van der Waals surface area contributed by atoms with Gasteiger partial charge in [0, 0.05) is 49.0 Å². The quantitative estimate of drug-likeness (QED) is 0.545. The highest BCUT2D eigenvalue weighted by Gasteiger charge is 2.28. The van der Waals surface area contributed by atoms with Crippen molar-refractivity contribution in [3.8, 4) is 0 Å². The molecule has 2 aliphatic heterocycles. The van der Waals surface area contributed by atoms with Gasteiger partial charge in [0.25, 0.3) is 0 Å². The summed E-state index contributed by atoms with van der Waals surface area (Å²) in [5.74, 6) is 0. The van der Waals surface area contributed by atoms with Gasteiger partial charge in [0.1, 0.15) is 11.2 Å². The number of ether oxygens (including phenoxy) is 2. The molecule has 3 rings (SSSR count). The summed E-state index contributed by atoms with van der Waals surface area (Å²) in [5, 5.41) is 4.17. The molecule has 1 aromatic rings. The number of anilines is 1. The van der Waals surface area contributed by atoms with Crippen molar-refractivity contribution in [1.82, 2.24) is 9.80 Å². The molecule has 0 radical (unpaired) electrons. The van der Waals surface area contributed by atoms with Gasteiger partial charge < -0.3 is 30.3 Å². The molecular formula is C26H43ClN4O4. The maximum atomic E-state index is 12.1. The van der Waals surface area contributed by atoms with Crippen LogP contribution in [0.3, 0.4) is 0 Å². The largest absolute Gasteiger partial charge is 0.444 e. The van der Waals surface area contributed by atoms with Crippen LogP contribution < -0.4 is 11.1 Å². The van der Waals surface area contributed by atoms with E-state index in [0.717, 1.165) is 49.5 Å². The molecule has 2 aliphatic rings. The van der Waals surface area contributed by atoms with Crippen molar-refractivity contribution in [2.24, 2.45) is 5.73 Å². The van der Waals surface area contributed by atoms with E-state index in [1.54, 1.807) is 9.80 Å². The Morgan fingerprint density at radius 3 is 1.86 bits per heavy atom. The predicted octanol–water partition coefficient (Wildman–Crippen LogP) is 5.50. The molecule has 0 aliphatic carbocycles. The molecule has 2 heterocycles. The minimum atomic E-state index is -0.451. The number of benzene rings is 1. The van der Waals surface area contributed by atoms with Crippen LogP contribution in [0.25, 0.3) is 0 Å². The van der Waals surface area contributed by atoms with Crippen molar-refractivity contribution in [3.63, 3.8) is 0 Å². The number of hydrogen-bond acceptors (Lipinski definition) is 6. The van der Waals surface area contributed by atoms with E-state index in [4.69, 9.17) is 26.8 Å². The van der Waals surface area contributed by atoms with Gasteiger partial charge in [0.05, 0.1) is 0 Å². The molecule has 198 valence electrons. The molecule has 0 unspecified atom stereocenters. The lowest BCUT2D eigenvalue weighted by Crippen LogP contribution is -2.47. The number of piperidine rings is 2. The first kappa shape index (κ1) is 29.0. The van der Waals surface area contributed by atoms with Gasteiger partial charge in [-0.3, -0.25) is 0 Å². The fourth-order valence-electron chi connectivity index (χ4n) is 3.87. The molecule has 3 N–H and O–H groups in total. The minimum Gasteiger partial charge on any atom is -0.444 e. The number of amides is 2. The number of carbonyl (C=O) groups excluding carboxylic acids is 2. The average molecular weight is 511 g/mol. The molecule has 2 fully saturated rings. The first-order chi connectivity index (χ1) is 16.2. The van der Waals surface area contributed by atoms with Crippen LogP contribution in [0.2, 0.25) is 5.02 Å². The van der Waals surface area contributed by atoms with Gasteiger partial charge >= 0.3 is 12.2 Å². The Bertz CT molecular complexity index is 820. The summed E-state index contributed by atoms with van der Waals surface area (Å²) < 4.78 is 10.7. The maximum Gasteiger partial charge on any atom is 0.410 e. The average Bonchev–Trinajstić information content (AvgIpc) is 2.74. The smallest absolute Gasteiger partial charge is 0.410 e. The van der Waals surface area contributed by atoms with Crippen LogP contribution in [0.4, 0.5) is 15.3 Å².